The van der Waals surface area contributed by atoms with E-state index in [4.69, 9.17) is 9.47 Å². The molecule has 0 radical (unpaired) electrons. The number of nitrogens with one attached hydrogen (secondary N) is 1. The van der Waals surface area contributed by atoms with Crippen molar-refractivity contribution in [1.82, 2.24) is 9.97 Å². The Hall–Kier alpha value is -2.92. The highest BCUT2D eigenvalue weighted by molar-refractivity contribution is 7.92. The number of halogens is 3. The molecule has 0 aliphatic carbocycles. The summed E-state index contributed by atoms with van der Waals surface area (Å²) in [6.07, 6.45) is 1.61. The molecular weight excluding hydrogens is 445 g/mol. The second-order valence-corrected chi connectivity index (χ2v) is 10.1. The molecule has 7 nitrogen and oxygen atoms in total. The van der Waals surface area contributed by atoms with Crippen molar-refractivity contribution in [3.63, 3.8) is 0 Å². The van der Waals surface area contributed by atoms with Crippen molar-refractivity contribution in [2.24, 2.45) is 4.36 Å². The van der Waals surface area contributed by atoms with Gasteiger partial charge in [-0.15, -0.1) is 0 Å². The maximum atomic E-state index is 13.9. The highest BCUT2D eigenvalue weighted by Crippen LogP contribution is 2.38. The van der Waals surface area contributed by atoms with Crippen LogP contribution in [0.1, 0.15) is 18.4 Å². The first kappa shape index (κ1) is 22.3. The average Bonchev–Trinajstić information content (AvgIpc) is 3.21. The molecule has 0 saturated carbocycles. The molecule has 1 saturated heterocycles. The zero-order valence-corrected chi connectivity index (χ0v) is 18.2. The first-order valence-electron chi connectivity index (χ1n) is 9.74. The van der Waals surface area contributed by atoms with E-state index in [0.29, 0.717) is 25.3 Å². The van der Waals surface area contributed by atoms with Gasteiger partial charge in [0.15, 0.2) is 0 Å². The Kier molecular flexibility index (Phi) is 6.20. The average molecular weight is 466 g/mol. The van der Waals surface area contributed by atoms with Crippen LogP contribution >= 0.6 is 0 Å². The maximum absolute atomic E-state index is 13.9. The minimum atomic E-state index is -2.86. The first-order chi connectivity index (χ1) is 15.2. The summed E-state index contributed by atoms with van der Waals surface area (Å²) >= 11 is 0. The Morgan fingerprint density at radius 2 is 2.06 bits per heavy atom. The lowest BCUT2D eigenvalue weighted by Gasteiger charge is -2.18. The Balaban J connectivity index is 1.80. The normalized spacial score (nSPS) is 16.5. The number of ether oxygens (including phenoxy) is 2. The smallest absolute Gasteiger partial charge is 0.264 e. The number of nitrogens with zero attached hydrogens (tertiary/aromatic N) is 3. The van der Waals surface area contributed by atoms with Crippen molar-refractivity contribution in [3.8, 4) is 5.75 Å². The molecule has 0 amide bonds. The van der Waals surface area contributed by atoms with E-state index >= 15 is 0 Å². The highest BCUT2D eigenvalue weighted by Gasteiger charge is 2.22. The van der Waals surface area contributed by atoms with Gasteiger partial charge in [0.2, 0.25) is 0 Å². The second-order valence-electron chi connectivity index (χ2n) is 7.59. The summed E-state index contributed by atoms with van der Waals surface area (Å²) in [5, 5.41) is 3.06. The van der Waals surface area contributed by atoms with Crippen LogP contribution in [0.3, 0.4) is 0 Å². The highest BCUT2D eigenvalue weighted by atomic mass is 32.2. The molecule has 11 heteroatoms. The van der Waals surface area contributed by atoms with Crippen LogP contribution in [-0.2, 0) is 14.5 Å². The van der Waals surface area contributed by atoms with Gasteiger partial charge in [-0.3, -0.25) is 0 Å². The Bertz CT molecular complexity index is 1260. The largest absolute Gasteiger partial charge is 0.486 e. The fourth-order valence-corrected chi connectivity index (χ4v) is 4.00. The van der Waals surface area contributed by atoms with Crippen LogP contribution in [0.15, 0.2) is 41.0 Å². The molecule has 1 fully saturated rings. The zero-order chi connectivity index (χ0) is 22.9. The molecule has 3 aromatic rings. The summed E-state index contributed by atoms with van der Waals surface area (Å²) in [6.45, 7) is 0.929. The van der Waals surface area contributed by atoms with Crippen LogP contribution in [0.5, 0.6) is 5.75 Å². The SMILES string of the molecule is CS(C)(=O)=Nc1cc(C(F)F)c2c(Nc3ccc(F)cc3O[C@H]3CCOC3)ncnc2c1. The van der Waals surface area contributed by atoms with Crippen molar-refractivity contribution >= 4 is 37.8 Å². The molecular formula is C21H21F3N4O3S. The Labute approximate surface area is 183 Å². The van der Waals surface area contributed by atoms with Gasteiger partial charge >= 0.3 is 0 Å². The molecule has 1 aromatic heterocycles. The van der Waals surface area contributed by atoms with E-state index in [9.17, 15) is 17.4 Å². The molecule has 32 heavy (non-hydrogen) atoms. The summed E-state index contributed by atoms with van der Waals surface area (Å²) in [5.74, 6) is -0.182. The number of aromatic nitrogens is 2. The van der Waals surface area contributed by atoms with E-state index < -0.39 is 22.0 Å². The zero-order valence-electron chi connectivity index (χ0n) is 17.3. The number of hydrogen-bond donors (Lipinski definition) is 1. The summed E-state index contributed by atoms with van der Waals surface area (Å²) in [7, 11) is -2.56. The molecule has 170 valence electrons. The van der Waals surface area contributed by atoms with Gasteiger partial charge in [0, 0.05) is 40.3 Å². The quantitative estimate of drug-likeness (QED) is 0.552. The summed E-state index contributed by atoms with van der Waals surface area (Å²) < 4.78 is 69.0. The van der Waals surface area contributed by atoms with Gasteiger partial charge in [0.05, 0.1) is 35.5 Å². The van der Waals surface area contributed by atoms with Gasteiger partial charge in [-0.1, -0.05) is 0 Å². The van der Waals surface area contributed by atoms with Crippen molar-refractivity contribution in [2.45, 2.75) is 19.0 Å². The van der Waals surface area contributed by atoms with E-state index in [2.05, 4.69) is 19.6 Å². The number of fused-ring (bicyclic) bond motifs is 1. The molecule has 2 heterocycles. The third-order valence-electron chi connectivity index (χ3n) is 4.69. The fraction of sp³-hybridized carbons (Fsp3) is 0.333. The van der Waals surface area contributed by atoms with Crippen LogP contribution < -0.4 is 10.1 Å². The predicted molar refractivity (Wildman–Crippen MR) is 116 cm³/mol. The van der Waals surface area contributed by atoms with Crippen LogP contribution in [0.2, 0.25) is 0 Å². The van der Waals surface area contributed by atoms with Gasteiger partial charge in [0.25, 0.3) is 6.43 Å². The van der Waals surface area contributed by atoms with Gasteiger partial charge in [-0.2, -0.15) is 4.36 Å². The van der Waals surface area contributed by atoms with E-state index in [1.54, 1.807) is 0 Å². The molecule has 0 bridgehead atoms. The maximum Gasteiger partial charge on any atom is 0.264 e. The van der Waals surface area contributed by atoms with Crippen LogP contribution in [0, 0.1) is 5.82 Å². The topological polar surface area (TPSA) is 85.7 Å². The molecule has 0 spiro atoms. The standard InChI is InChI=1S/C21H21F3N4O3S/c1-32(2,29)28-13-8-15(20(23)24)19-17(9-13)25-11-26-21(19)27-16-4-3-12(22)7-18(16)31-14-5-6-30-10-14/h3-4,7-9,11,14,20H,5-6,10H2,1-2H3,(H,25,26,27)/t14-/m0/s1. The van der Waals surface area contributed by atoms with Gasteiger partial charge in [-0.25, -0.2) is 27.3 Å². The minimum absolute atomic E-state index is 0.0830. The van der Waals surface area contributed by atoms with Crippen molar-refractivity contribution in [1.29, 1.82) is 0 Å². The van der Waals surface area contributed by atoms with Crippen LogP contribution in [-0.4, -0.2) is 46.0 Å². The summed E-state index contributed by atoms with van der Waals surface area (Å²) in [6, 6.07) is 6.54. The third kappa shape index (κ3) is 5.10. The van der Waals surface area contributed by atoms with Gasteiger partial charge < -0.3 is 14.8 Å². The molecule has 1 N–H and O–H groups in total. The Morgan fingerprint density at radius 1 is 1.25 bits per heavy atom. The van der Waals surface area contributed by atoms with Gasteiger partial charge in [-0.05, 0) is 24.3 Å². The molecule has 1 aliphatic heterocycles. The second kappa shape index (κ2) is 8.91. The first-order valence-corrected chi connectivity index (χ1v) is 12.1. The molecule has 4 rings (SSSR count). The van der Waals surface area contributed by atoms with Gasteiger partial charge in [0.1, 0.15) is 29.8 Å². The molecule has 1 aliphatic rings. The van der Waals surface area contributed by atoms with E-state index in [0.717, 1.165) is 0 Å². The number of benzene rings is 2. The van der Waals surface area contributed by atoms with E-state index in [1.807, 2.05) is 0 Å². The van der Waals surface area contributed by atoms with E-state index in [1.165, 1.54) is 49.2 Å². The lowest BCUT2D eigenvalue weighted by Crippen LogP contribution is -2.16. The summed E-state index contributed by atoms with van der Waals surface area (Å²) in [4.78, 5) is 8.22. The number of anilines is 2. The number of hydrogen-bond acceptors (Lipinski definition) is 7. The third-order valence-corrected chi connectivity index (χ3v) is 5.34. The number of alkyl halides is 2. The van der Waals surface area contributed by atoms with Crippen LogP contribution in [0.4, 0.5) is 30.4 Å². The Morgan fingerprint density at radius 3 is 2.75 bits per heavy atom. The molecule has 1 atom stereocenters. The van der Waals surface area contributed by atoms with Crippen molar-refractivity contribution < 1.29 is 26.9 Å². The predicted octanol–water partition coefficient (Wildman–Crippen LogP) is 4.98. The minimum Gasteiger partial charge on any atom is -0.486 e. The lowest BCUT2D eigenvalue weighted by atomic mass is 10.1. The fourth-order valence-electron chi connectivity index (χ4n) is 3.39. The van der Waals surface area contributed by atoms with Crippen LogP contribution in [0.25, 0.3) is 10.9 Å². The monoisotopic (exact) mass is 466 g/mol. The van der Waals surface area contributed by atoms with E-state index in [-0.39, 0.29) is 39.8 Å². The molecule has 2 aromatic carbocycles. The number of rotatable bonds is 6. The molecule has 0 unspecified atom stereocenters. The lowest BCUT2D eigenvalue weighted by molar-refractivity contribution is 0.141. The van der Waals surface area contributed by atoms with Crippen molar-refractivity contribution in [3.05, 3.63) is 48.0 Å². The van der Waals surface area contributed by atoms with Crippen molar-refractivity contribution in [2.75, 3.05) is 31.0 Å². The summed E-state index contributed by atoms with van der Waals surface area (Å²) in [5.41, 5.74) is 0.343.